The predicted molar refractivity (Wildman–Crippen MR) is 115 cm³/mol. The van der Waals surface area contributed by atoms with E-state index in [1.165, 1.54) is 28.3 Å². The number of rotatable bonds is 5. The van der Waals surface area contributed by atoms with E-state index in [0.29, 0.717) is 17.1 Å². The summed E-state index contributed by atoms with van der Waals surface area (Å²) in [6, 6.07) is 21.1. The second kappa shape index (κ2) is 8.41. The van der Waals surface area contributed by atoms with Gasteiger partial charge in [-0.25, -0.2) is 4.79 Å². The van der Waals surface area contributed by atoms with Crippen LogP contribution in [0.5, 0.6) is 5.75 Å². The molecule has 1 aliphatic rings. The van der Waals surface area contributed by atoms with Crippen molar-refractivity contribution in [3.05, 3.63) is 94.5 Å². The molecule has 0 spiro atoms. The average Bonchev–Trinajstić information content (AvgIpc) is 3.06. The van der Waals surface area contributed by atoms with E-state index in [-0.39, 0.29) is 18.3 Å². The van der Waals surface area contributed by atoms with Crippen LogP contribution in [0.3, 0.4) is 0 Å². The van der Waals surface area contributed by atoms with Crippen molar-refractivity contribution >= 4 is 23.8 Å². The summed E-state index contributed by atoms with van der Waals surface area (Å²) >= 11 is 6.07. The molecule has 0 bridgehead atoms. The van der Waals surface area contributed by atoms with Gasteiger partial charge < -0.3 is 15.2 Å². The molecule has 5 heteroatoms. The number of phenolic OH excluding ortho intramolecular Hbond substituents is 1. The number of amides is 1. The predicted octanol–water partition coefficient (Wildman–Crippen LogP) is 5.60. The van der Waals surface area contributed by atoms with Crippen LogP contribution in [0.25, 0.3) is 17.2 Å². The van der Waals surface area contributed by atoms with Gasteiger partial charge in [0.2, 0.25) is 0 Å². The number of nitrogens with one attached hydrogen (secondary N) is 1. The van der Waals surface area contributed by atoms with Gasteiger partial charge in [-0.3, -0.25) is 0 Å². The maximum absolute atomic E-state index is 12.1. The van der Waals surface area contributed by atoms with Gasteiger partial charge in [-0.15, -0.1) is 0 Å². The van der Waals surface area contributed by atoms with E-state index < -0.39 is 6.09 Å². The van der Waals surface area contributed by atoms with Crippen LogP contribution >= 0.6 is 11.6 Å². The molecule has 0 saturated heterocycles. The van der Waals surface area contributed by atoms with Gasteiger partial charge in [0, 0.05) is 17.5 Å². The number of ether oxygens (including phenoxy) is 1. The highest BCUT2D eigenvalue weighted by atomic mass is 35.5. The first-order valence-electron chi connectivity index (χ1n) is 9.37. The van der Waals surface area contributed by atoms with Crippen molar-refractivity contribution in [2.45, 2.75) is 5.92 Å². The Labute approximate surface area is 174 Å². The number of hydrogen-bond donors (Lipinski definition) is 2. The number of halogens is 1. The average molecular weight is 406 g/mol. The van der Waals surface area contributed by atoms with Crippen molar-refractivity contribution in [1.82, 2.24) is 5.32 Å². The Hall–Kier alpha value is -3.24. The molecule has 0 aliphatic heterocycles. The Morgan fingerprint density at radius 2 is 1.69 bits per heavy atom. The third-order valence-corrected chi connectivity index (χ3v) is 5.33. The summed E-state index contributed by atoms with van der Waals surface area (Å²) in [6.45, 7) is 0.574. The first kappa shape index (κ1) is 19.1. The number of fused-ring (bicyclic) bond motifs is 3. The number of hydrogen-bond acceptors (Lipinski definition) is 3. The molecule has 0 heterocycles. The first-order chi connectivity index (χ1) is 14.1. The standard InChI is InChI=1S/C24H20ClNO3/c25-23-12-11-17(27)14-16(23)6-5-13-26-24(28)29-15-22-20-9-3-1-7-18(20)19-8-2-4-10-21(19)22/h1-12,14,22,27H,13,15H2,(H,26,28). The first-order valence-corrected chi connectivity index (χ1v) is 9.75. The summed E-state index contributed by atoms with van der Waals surface area (Å²) in [6.07, 6.45) is 3.02. The smallest absolute Gasteiger partial charge is 0.407 e. The Kier molecular flexibility index (Phi) is 5.54. The molecule has 3 aromatic carbocycles. The van der Waals surface area contributed by atoms with E-state index in [1.807, 2.05) is 24.3 Å². The fourth-order valence-corrected chi connectivity index (χ4v) is 3.82. The van der Waals surface area contributed by atoms with Gasteiger partial charge in [0.1, 0.15) is 12.4 Å². The number of benzene rings is 3. The lowest BCUT2D eigenvalue weighted by atomic mass is 9.98. The third-order valence-electron chi connectivity index (χ3n) is 4.98. The van der Waals surface area contributed by atoms with Gasteiger partial charge in [-0.2, -0.15) is 0 Å². The molecule has 0 aromatic heterocycles. The minimum Gasteiger partial charge on any atom is -0.508 e. The van der Waals surface area contributed by atoms with Crippen LogP contribution in [0, 0.1) is 0 Å². The SMILES string of the molecule is O=C(NCC=Cc1cc(O)ccc1Cl)OCC1c2ccccc2-c2ccccc21. The summed E-state index contributed by atoms with van der Waals surface area (Å²) in [5, 5.41) is 12.7. The molecule has 1 amide bonds. The molecule has 29 heavy (non-hydrogen) atoms. The summed E-state index contributed by atoms with van der Waals surface area (Å²) in [7, 11) is 0. The molecule has 4 rings (SSSR count). The molecule has 3 aromatic rings. The Morgan fingerprint density at radius 3 is 2.38 bits per heavy atom. The zero-order chi connectivity index (χ0) is 20.2. The Morgan fingerprint density at radius 1 is 1.03 bits per heavy atom. The maximum Gasteiger partial charge on any atom is 0.407 e. The zero-order valence-electron chi connectivity index (χ0n) is 15.6. The summed E-state index contributed by atoms with van der Waals surface area (Å²) in [4.78, 5) is 12.1. The van der Waals surface area contributed by atoms with Crippen molar-refractivity contribution in [2.24, 2.45) is 0 Å². The molecule has 0 unspecified atom stereocenters. The largest absolute Gasteiger partial charge is 0.508 e. The van der Waals surface area contributed by atoms with Gasteiger partial charge in [-0.1, -0.05) is 72.3 Å². The van der Waals surface area contributed by atoms with Crippen molar-refractivity contribution in [2.75, 3.05) is 13.2 Å². The molecule has 0 saturated carbocycles. The van der Waals surface area contributed by atoms with Gasteiger partial charge in [0.05, 0.1) is 0 Å². The number of aromatic hydroxyl groups is 1. The Balaban J connectivity index is 1.34. The highest BCUT2D eigenvalue weighted by Gasteiger charge is 2.28. The van der Waals surface area contributed by atoms with Gasteiger partial charge in [0.15, 0.2) is 0 Å². The van der Waals surface area contributed by atoms with Crippen molar-refractivity contribution < 1.29 is 14.6 Å². The van der Waals surface area contributed by atoms with Gasteiger partial charge in [-0.05, 0) is 46.0 Å². The van der Waals surface area contributed by atoms with E-state index in [2.05, 4.69) is 29.6 Å². The molecular weight excluding hydrogens is 386 g/mol. The summed E-state index contributed by atoms with van der Waals surface area (Å²) in [5.41, 5.74) is 5.44. The Bertz CT molecular complexity index is 1030. The van der Waals surface area contributed by atoms with Crippen molar-refractivity contribution in [1.29, 1.82) is 0 Å². The summed E-state index contributed by atoms with van der Waals surface area (Å²) in [5.74, 6) is 0.174. The van der Waals surface area contributed by atoms with E-state index in [1.54, 1.807) is 24.3 Å². The molecule has 1 aliphatic carbocycles. The normalized spacial score (nSPS) is 12.6. The minimum absolute atomic E-state index is 0.0368. The molecular formula is C24H20ClNO3. The molecule has 4 nitrogen and oxygen atoms in total. The lowest BCUT2D eigenvalue weighted by Gasteiger charge is -2.14. The number of carbonyl (C=O) groups excluding carboxylic acids is 1. The van der Waals surface area contributed by atoms with Crippen LogP contribution in [0.1, 0.15) is 22.6 Å². The topological polar surface area (TPSA) is 58.6 Å². The monoisotopic (exact) mass is 405 g/mol. The van der Waals surface area contributed by atoms with E-state index in [4.69, 9.17) is 16.3 Å². The molecule has 0 atom stereocenters. The molecule has 0 fully saturated rings. The highest BCUT2D eigenvalue weighted by molar-refractivity contribution is 6.32. The van der Waals surface area contributed by atoms with Crippen molar-refractivity contribution in [3.63, 3.8) is 0 Å². The zero-order valence-corrected chi connectivity index (χ0v) is 16.4. The van der Waals surface area contributed by atoms with E-state index in [9.17, 15) is 9.90 Å². The van der Waals surface area contributed by atoms with Crippen LogP contribution in [0.15, 0.2) is 72.8 Å². The summed E-state index contributed by atoms with van der Waals surface area (Å²) < 4.78 is 5.48. The van der Waals surface area contributed by atoms with Crippen molar-refractivity contribution in [3.8, 4) is 16.9 Å². The molecule has 146 valence electrons. The quantitative estimate of drug-likeness (QED) is 0.581. The fourth-order valence-electron chi connectivity index (χ4n) is 3.64. The maximum atomic E-state index is 12.1. The minimum atomic E-state index is -0.474. The molecule has 2 N–H and O–H groups in total. The van der Waals surface area contributed by atoms with Crippen LogP contribution in [-0.2, 0) is 4.74 Å². The fraction of sp³-hybridized carbons (Fsp3) is 0.125. The highest BCUT2D eigenvalue weighted by Crippen LogP contribution is 2.44. The lowest BCUT2D eigenvalue weighted by Crippen LogP contribution is -2.26. The molecule has 0 radical (unpaired) electrons. The second-order valence-corrected chi connectivity index (χ2v) is 7.22. The van der Waals surface area contributed by atoms with E-state index >= 15 is 0 Å². The second-order valence-electron chi connectivity index (χ2n) is 6.81. The van der Waals surface area contributed by atoms with Gasteiger partial charge >= 0.3 is 6.09 Å². The number of phenols is 1. The lowest BCUT2D eigenvalue weighted by molar-refractivity contribution is 0.144. The van der Waals surface area contributed by atoms with Crippen LogP contribution in [0.2, 0.25) is 5.02 Å². The van der Waals surface area contributed by atoms with Crippen LogP contribution in [0.4, 0.5) is 4.79 Å². The van der Waals surface area contributed by atoms with Crippen LogP contribution in [-0.4, -0.2) is 24.4 Å². The number of alkyl carbamates (subject to hydrolysis) is 1. The third kappa shape index (κ3) is 4.13. The van der Waals surface area contributed by atoms with Crippen LogP contribution < -0.4 is 5.32 Å². The van der Waals surface area contributed by atoms with E-state index in [0.717, 1.165) is 0 Å². The number of carbonyl (C=O) groups is 1. The van der Waals surface area contributed by atoms with Gasteiger partial charge in [0.25, 0.3) is 0 Å².